The van der Waals surface area contributed by atoms with E-state index in [0.717, 1.165) is 4.90 Å². The van der Waals surface area contributed by atoms with Crippen LogP contribution in [0.2, 0.25) is 5.02 Å². The van der Waals surface area contributed by atoms with Crippen LogP contribution in [0.4, 0.5) is 22.2 Å². The summed E-state index contributed by atoms with van der Waals surface area (Å²) in [6.45, 7) is 0. The van der Waals surface area contributed by atoms with Crippen LogP contribution >= 0.6 is 34.5 Å². The highest BCUT2D eigenvalue weighted by molar-refractivity contribution is 7.14. The second-order valence-corrected chi connectivity index (χ2v) is 9.80. The van der Waals surface area contributed by atoms with Gasteiger partial charge in [-0.3, -0.25) is 24.9 Å². The number of rotatable bonds is 7. The smallest absolute Gasteiger partial charge is 0.283 e. The fraction of sp³-hybridized carbons (Fsp3) is 0. The second kappa shape index (κ2) is 10.8. The summed E-state index contributed by atoms with van der Waals surface area (Å²) in [6, 6.07) is 18.7. The summed E-state index contributed by atoms with van der Waals surface area (Å²) in [4.78, 5) is 43.9. The number of benzene rings is 3. The van der Waals surface area contributed by atoms with Crippen molar-refractivity contribution < 1.29 is 19.6 Å². The summed E-state index contributed by atoms with van der Waals surface area (Å²) < 4.78 is 0. The highest BCUT2D eigenvalue weighted by Crippen LogP contribution is 2.32. The van der Waals surface area contributed by atoms with E-state index in [4.69, 9.17) is 28.4 Å². The van der Waals surface area contributed by atoms with Crippen LogP contribution in [0.5, 0.6) is 0 Å². The van der Waals surface area contributed by atoms with E-state index in [-0.39, 0.29) is 32.9 Å². The van der Waals surface area contributed by atoms with Gasteiger partial charge in [-0.25, -0.2) is 9.88 Å². The van der Waals surface area contributed by atoms with Gasteiger partial charge in [0, 0.05) is 27.2 Å². The molecule has 0 unspecified atom stereocenters. The first-order chi connectivity index (χ1) is 18.7. The fourth-order valence-corrected chi connectivity index (χ4v) is 4.85. The van der Waals surface area contributed by atoms with Crippen LogP contribution in [0.25, 0.3) is 11.3 Å². The van der Waals surface area contributed by atoms with Crippen LogP contribution in [0.15, 0.2) is 88.9 Å². The van der Waals surface area contributed by atoms with Gasteiger partial charge in [0.1, 0.15) is 10.7 Å². The molecule has 3 amide bonds. The van der Waals surface area contributed by atoms with Crippen LogP contribution in [-0.2, 0) is 9.59 Å². The van der Waals surface area contributed by atoms with E-state index in [1.807, 2.05) is 0 Å². The number of anilines is 4. The van der Waals surface area contributed by atoms with Crippen molar-refractivity contribution in [1.82, 2.24) is 4.98 Å². The van der Waals surface area contributed by atoms with E-state index in [1.54, 1.807) is 53.9 Å². The molecule has 10 nitrogen and oxygen atoms in total. The Morgan fingerprint density at radius 2 is 1.74 bits per heavy atom. The summed E-state index contributed by atoms with van der Waals surface area (Å²) >= 11 is 13.4. The number of hydrogen-bond donors (Lipinski definition) is 3. The van der Waals surface area contributed by atoms with Gasteiger partial charge in [0.25, 0.3) is 17.7 Å². The van der Waals surface area contributed by atoms with E-state index in [2.05, 4.69) is 15.6 Å². The zero-order valence-corrected chi connectivity index (χ0v) is 21.9. The summed E-state index contributed by atoms with van der Waals surface area (Å²) in [5.41, 5.74) is 2.12. The Hall–Kier alpha value is -4.26. The Labute approximate surface area is 235 Å². The van der Waals surface area contributed by atoms with Crippen molar-refractivity contribution in [2.75, 3.05) is 20.8 Å². The lowest BCUT2D eigenvalue weighted by Gasteiger charge is -2.21. The standard InChI is InChI=1S/C26H16Cl2N5O5S/c27-16-4-2-6-19(12-16)32-24(35)21(28)22(25(32)36)29-17-5-1-3-15(11-17)23(34)31-26-30-20(13-39-26)14-7-9-18(10-8-14)33(37)38/h1-13,29,37H,(H,30,31,34)/q-1. The Bertz CT molecular complexity index is 1640. The largest absolute Gasteiger partial charge is 0.733 e. The van der Waals surface area contributed by atoms with Gasteiger partial charge in [-0.15, -0.1) is 11.3 Å². The molecule has 5 rings (SSSR count). The topological polar surface area (TPSA) is 138 Å². The molecule has 0 fully saturated rings. The highest BCUT2D eigenvalue weighted by atomic mass is 35.5. The third kappa shape index (κ3) is 5.48. The van der Waals surface area contributed by atoms with Gasteiger partial charge in [0.2, 0.25) is 0 Å². The summed E-state index contributed by atoms with van der Waals surface area (Å²) in [6.07, 6.45) is 0. The molecule has 3 aromatic carbocycles. The molecule has 3 N–H and O–H groups in total. The average molecular weight is 581 g/mol. The van der Waals surface area contributed by atoms with Crippen molar-refractivity contribution in [3.8, 4) is 11.3 Å². The molecule has 0 radical (unpaired) electrons. The van der Waals surface area contributed by atoms with E-state index >= 15 is 0 Å². The maximum Gasteiger partial charge on any atom is 0.283 e. The van der Waals surface area contributed by atoms with Crippen molar-refractivity contribution in [2.24, 2.45) is 0 Å². The Kier molecular flexibility index (Phi) is 7.33. The molecule has 4 aromatic rings. The number of nitrogens with one attached hydrogen (secondary N) is 2. The molecule has 0 spiro atoms. The molecule has 1 aliphatic rings. The zero-order chi connectivity index (χ0) is 27.7. The van der Waals surface area contributed by atoms with E-state index < -0.39 is 17.7 Å². The number of carbonyl (C=O) groups is 3. The third-order valence-corrected chi connectivity index (χ3v) is 6.94. The van der Waals surface area contributed by atoms with E-state index in [9.17, 15) is 19.6 Å². The number of halogens is 2. The first-order valence-electron chi connectivity index (χ1n) is 11.2. The average Bonchev–Trinajstić information content (AvgIpc) is 3.47. The van der Waals surface area contributed by atoms with Crippen molar-refractivity contribution in [3.05, 3.63) is 105 Å². The van der Waals surface area contributed by atoms with Crippen LogP contribution in [0, 0.1) is 5.21 Å². The highest BCUT2D eigenvalue weighted by Gasteiger charge is 2.39. The molecule has 0 bridgehead atoms. The molecule has 13 heteroatoms. The number of imide groups is 1. The van der Waals surface area contributed by atoms with Crippen molar-refractivity contribution in [1.29, 1.82) is 0 Å². The van der Waals surface area contributed by atoms with E-state index in [0.29, 0.717) is 27.1 Å². The fourth-order valence-electron chi connectivity index (χ4n) is 3.74. The molecular formula is C26H16Cl2N5O5S-. The molecule has 1 aromatic heterocycles. The number of thiazole rings is 1. The molecule has 196 valence electrons. The van der Waals surface area contributed by atoms with Crippen LogP contribution in [-0.4, -0.2) is 27.9 Å². The van der Waals surface area contributed by atoms with Gasteiger partial charge in [0.15, 0.2) is 5.13 Å². The Morgan fingerprint density at radius 3 is 2.46 bits per heavy atom. The quantitative estimate of drug-likeness (QED) is 0.183. The lowest BCUT2D eigenvalue weighted by atomic mass is 10.1. The number of carbonyl (C=O) groups excluding carboxylic acids is 3. The predicted octanol–water partition coefficient (Wildman–Crippen LogP) is 5.84. The lowest BCUT2D eigenvalue weighted by molar-refractivity contribution is -0.120. The van der Waals surface area contributed by atoms with Crippen LogP contribution in [0.3, 0.4) is 0 Å². The third-order valence-electron chi connectivity index (χ3n) is 5.60. The van der Waals surface area contributed by atoms with Gasteiger partial charge in [-0.2, -0.15) is 0 Å². The number of aromatic nitrogens is 1. The molecule has 0 aliphatic carbocycles. The molecule has 0 saturated heterocycles. The molecule has 1 aliphatic heterocycles. The van der Waals surface area contributed by atoms with Gasteiger partial charge >= 0.3 is 0 Å². The number of hydrogen-bond acceptors (Lipinski definition) is 9. The summed E-state index contributed by atoms with van der Waals surface area (Å²) in [5, 5.41) is 27.4. The second-order valence-electron chi connectivity index (χ2n) is 8.13. The first kappa shape index (κ1) is 26.4. The molecule has 0 saturated carbocycles. The lowest BCUT2D eigenvalue weighted by Crippen LogP contribution is -2.32. The monoisotopic (exact) mass is 580 g/mol. The van der Waals surface area contributed by atoms with Gasteiger partial charge in [-0.05, 0) is 48.5 Å². The Balaban J connectivity index is 1.29. The summed E-state index contributed by atoms with van der Waals surface area (Å²) in [5.74, 6) is -1.81. The van der Waals surface area contributed by atoms with Gasteiger partial charge in [0.05, 0.1) is 17.1 Å². The zero-order valence-electron chi connectivity index (χ0n) is 19.6. The maximum absolute atomic E-state index is 13.0. The van der Waals surface area contributed by atoms with Crippen molar-refractivity contribution >= 4 is 74.5 Å². The number of amides is 3. The first-order valence-corrected chi connectivity index (χ1v) is 12.8. The van der Waals surface area contributed by atoms with Gasteiger partial charge < -0.3 is 15.8 Å². The van der Waals surface area contributed by atoms with Crippen molar-refractivity contribution in [3.63, 3.8) is 0 Å². The minimum atomic E-state index is -0.698. The molecule has 0 atom stereocenters. The number of nitrogens with zero attached hydrogens (tertiary/aromatic N) is 3. The van der Waals surface area contributed by atoms with Crippen molar-refractivity contribution in [2.45, 2.75) is 0 Å². The SMILES string of the molecule is O=C(Nc1nc(-c2ccc(N([O-])O)cc2)cs1)c1cccc(NC2=C(Cl)C(=O)N(c3cccc(Cl)c3)C2=O)c1. The molecule has 2 heterocycles. The van der Waals surface area contributed by atoms with Crippen LogP contribution < -0.4 is 20.8 Å². The predicted molar refractivity (Wildman–Crippen MR) is 150 cm³/mol. The normalized spacial score (nSPS) is 13.2. The summed E-state index contributed by atoms with van der Waals surface area (Å²) in [7, 11) is 0. The van der Waals surface area contributed by atoms with Gasteiger partial charge in [-0.1, -0.05) is 47.5 Å². The van der Waals surface area contributed by atoms with Crippen LogP contribution in [0.1, 0.15) is 10.4 Å². The minimum Gasteiger partial charge on any atom is -0.733 e. The maximum atomic E-state index is 13.0. The Morgan fingerprint density at radius 1 is 1.00 bits per heavy atom. The van der Waals surface area contributed by atoms with E-state index in [1.165, 1.54) is 35.6 Å². The minimum absolute atomic E-state index is 0.0777. The molecular weight excluding hydrogens is 565 g/mol. The molecule has 39 heavy (non-hydrogen) atoms.